The van der Waals surface area contributed by atoms with Crippen molar-refractivity contribution in [3.63, 3.8) is 0 Å². The van der Waals surface area contributed by atoms with Crippen molar-refractivity contribution in [3.8, 4) is 0 Å². The number of benzene rings is 1. The number of urea groups is 1. The van der Waals surface area contributed by atoms with Gasteiger partial charge in [-0.15, -0.1) is 0 Å². The van der Waals surface area contributed by atoms with Gasteiger partial charge in [-0.25, -0.2) is 9.59 Å². The van der Waals surface area contributed by atoms with Crippen molar-refractivity contribution >= 4 is 23.8 Å². The fourth-order valence-electron chi connectivity index (χ4n) is 1.55. The SMILES string of the molecule is CSC(C)CNC(=O)N(C)Cc1ccc(C(=O)O)cc1. The first-order valence-corrected chi connectivity index (χ1v) is 7.56. The molecular formula is C14H20N2O3S. The number of thioether (sulfide) groups is 1. The highest BCUT2D eigenvalue weighted by atomic mass is 32.2. The number of hydrogen-bond acceptors (Lipinski definition) is 3. The average molecular weight is 296 g/mol. The zero-order chi connectivity index (χ0) is 15.1. The Balaban J connectivity index is 2.50. The van der Waals surface area contributed by atoms with Crippen molar-refractivity contribution in [1.82, 2.24) is 10.2 Å². The molecule has 1 aromatic rings. The number of amides is 2. The third-order valence-corrected chi connectivity index (χ3v) is 3.88. The van der Waals surface area contributed by atoms with Crippen molar-refractivity contribution in [3.05, 3.63) is 35.4 Å². The highest BCUT2D eigenvalue weighted by molar-refractivity contribution is 7.99. The van der Waals surface area contributed by atoms with Crippen LogP contribution in [0.25, 0.3) is 0 Å². The van der Waals surface area contributed by atoms with E-state index >= 15 is 0 Å². The molecular weight excluding hydrogens is 276 g/mol. The first kappa shape index (κ1) is 16.4. The van der Waals surface area contributed by atoms with E-state index in [9.17, 15) is 9.59 Å². The highest BCUT2D eigenvalue weighted by Crippen LogP contribution is 2.07. The standard InChI is InChI=1S/C14H20N2O3S/c1-10(20-3)8-15-14(19)16(2)9-11-4-6-12(7-5-11)13(17)18/h4-7,10H,8-9H2,1-3H3,(H,15,19)(H,17,18). The topological polar surface area (TPSA) is 69.6 Å². The summed E-state index contributed by atoms with van der Waals surface area (Å²) in [7, 11) is 1.71. The fourth-order valence-corrected chi connectivity index (χ4v) is 1.80. The van der Waals surface area contributed by atoms with Crippen LogP contribution in [0.15, 0.2) is 24.3 Å². The van der Waals surface area contributed by atoms with E-state index in [-0.39, 0.29) is 11.6 Å². The Morgan fingerprint density at radius 2 is 1.95 bits per heavy atom. The monoisotopic (exact) mass is 296 g/mol. The van der Waals surface area contributed by atoms with E-state index in [1.165, 1.54) is 0 Å². The molecule has 20 heavy (non-hydrogen) atoms. The summed E-state index contributed by atoms with van der Waals surface area (Å²) >= 11 is 1.70. The number of nitrogens with one attached hydrogen (secondary N) is 1. The molecule has 110 valence electrons. The van der Waals surface area contributed by atoms with E-state index in [4.69, 9.17) is 5.11 Å². The van der Waals surface area contributed by atoms with Gasteiger partial charge in [-0.3, -0.25) is 0 Å². The van der Waals surface area contributed by atoms with Gasteiger partial charge < -0.3 is 15.3 Å². The van der Waals surface area contributed by atoms with Crippen molar-refractivity contribution in [1.29, 1.82) is 0 Å². The molecule has 2 N–H and O–H groups in total. The predicted octanol–water partition coefficient (Wildman–Crippen LogP) is 2.28. The molecule has 0 fully saturated rings. The van der Waals surface area contributed by atoms with E-state index < -0.39 is 5.97 Å². The Bertz CT molecular complexity index is 462. The molecule has 1 aromatic carbocycles. The zero-order valence-corrected chi connectivity index (χ0v) is 12.7. The lowest BCUT2D eigenvalue weighted by Gasteiger charge is -2.19. The van der Waals surface area contributed by atoms with E-state index in [2.05, 4.69) is 12.2 Å². The molecule has 0 radical (unpaired) electrons. The Labute approximate surface area is 123 Å². The summed E-state index contributed by atoms with van der Waals surface area (Å²) in [6, 6.07) is 6.39. The number of carboxylic acid groups (broad SMARTS) is 1. The lowest BCUT2D eigenvalue weighted by molar-refractivity contribution is 0.0697. The van der Waals surface area contributed by atoms with Crippen LogP contribution in [0, 0.1) is 0 Å². The van der Waals surface area contributed by atoms with Gasteiger partial charge in [0.2, 0.25) is 0 Å². The molecule has 6 heteroatoms. The second-order valence-electron chi connectivity index (χ2n) is 4.59. The largest absolute Gasteiger partial charge is 0.478 e. The summed E-state index contributed by atoms with van der Waals surface area (Å²) in [5.74, 6) is -0.950. The molecule has 0 saturated carbocycles. The van der Waals surface area contributed by atoms with Gasteiger partial charge in [0, 0.05) is 25.4 Å². The van der Waals surface area contributed by atoms with Crippen LogP contribution in [0.3, 0.4) is 0 Å². The molecule has 0 spiro atoms. The van der Waals surface area contributed by atoms with E-state index in [0.29, 0.717) is 18.3 Å². The molecule has 0 saturated heterocycles. The molecule has 0 aliphatic carbocycles. The molecule has 1 atom stereocenters. The minimum absolute atomic E-state index is 0.131. The molecule has 0 aliphatic heterocycles. The number of carboxylic acids is 1. The molecule has 2 amide bonds. The number of nitrogens with zero attached hydrogens (tertiary/aromatic N) is 1. The van der Waals surface area contributed by atoms with Gasteiger partial charge in [0.15, 0.2) is 0 Å². The molecule has 0 heterocycles. The number of hydrogen-bond donors (Lipinski definition) is 2. The summed E-state index contributed by atoms with van der Waals surface area (Å²) in [6.45, 7) is 3.12. The van der Waals surface area contributed by atoms with Crippen LogP contribution >= 0.6 is 11.8 Å². The van der Waals surface area contributed by atoms with Crippen LogP contribution in [0.2, 0.25) is 0 Å². The molecule has 1 rings (SSSR count). The maximum Gasteiger partial charge on any atom is 0.335 e. The van der Waals surface area contributed by atoms with Gasteiger partial charge in [-0.1, -0.05) is 19.1 Å². The molecule has 0 bridgehead atoms. The quantitative estimate of drug-likeness (QED) is 0.845. The minimum Gasteiger partial charge on any atom is -0.478 e. The Kier molecular flexibility index (Phi) is 6.38. The maximum atomic E-state index is 11.9. The summed E-state index contributed by atoms with van der Waals surface area (Å²) < 4.78 is 0. The number of carbonyl (C=O) groups is 2. The summed E-state index contributed by atoms with van der Waals surface area (Å²) in [4.78, 5) is 24.2. The van der Waals surface area contributed by atoms with E-state index in [1.54, 1.807) is 48.0 Å². The number of aromatic carboxylic acids is 1. The highest BCUT2D eigenvalue weighted by Gasteiger charge is 2.10. The van der Waals surface area contributed by atoms with Crippen LogP contribution in [-0.2, 0) is 6.54 Å². The van der Waals surface area contributed by atoms with Crippen molar-refractivity contribution < 1.29 is 14.7 Å². The normalized spacial score (nSPS) is 11.8. The lowest BCUT2D eigenvalue weighted by Crippen LogP contribution is -2.39. The number of carbonyl (C=O) groups excluding carboxylic acids is 1. The van der Waals surface area contributed by atoms with E-state index in [1.807, 2.05) is 6.26 Å². The van der Waals surface area contributed by atoms with Crippen molar-refractivity contribution in [2.75, 3.05) is 19.8 Å². The molecule has 1 unspecified atom stereocenters. The van der Waals surface area contributed by atoms with Gasteiger partial charge >= 0.3 is 12.0 Å². The fraction of sp³-hybridized carbons (Fsp3) is 0.429. The molecule has 5 nitrogen and oxygen atoms in total. The van der Waals surface area contributed by atoms with Gasteiger partial charge in [-0.05, 0) is 24.0 Å². The van der Waals surface area contributed by atoms with Crippen LogP contribution in [-0.4, -0.2) is 47.1 Å². The van der Waals surface area contributed by atoms with Crippen molar-refractivity contribution in [2.45, 2.75) is 18.7 Å². The summed E-state index contributed by atoms with van der Waals surface area (Å²) in [6.07, 6.45) is 2.00. The van der Waals surface area contributed by atoms with Crippen LogP contribution in [0.1, 0.15) is 22.8 Å². The Morgan fingerprint density at radius 3 is 2.45 bits per heavy atom. The Hall–Kier alpha value is -1.69. The van der Waals surface area contributed by atoms with Gasteiger partial charge in [-0.2, -0.15) is 11.8 Å². The third-order valence-electron chi connectivity index (χ3n) is 2.91. The van der Waals surface area contributed by atoms with Gasteiger partial charge in [0.25, 0.3) is 0 Å². The second kappa shape index (κ2) is 7.79. The van der Waals surface area contributed by atoms with E-state index in [0.717, 1.165) is 5.56 Å². The Morgan fingerprint density at radius 1 is 1.35 bits per heavy atom. The first-order valence-electron chi connectivity index (χ1n) is 6.28. The maximum absolute atomic E-state index is 11.9. The first-order chi connectivity index (χ1) is 9.43. The minimum atomic E-state index is -0.950. The predicted molar refractivity (Wildman–Crippen MR) is 81.2 cm³/mol. The van der Waals surface area contributed by atoms with Crippen LogP contribution < -0.4 is 5.32 Å². The molecule has 0 aromatic heterocycles. The molecule has 0 aliphatic rings. The van der Waals surface area contributed by atoms with Crippen LogP contribution in [0.4, 0.5) is 4.79 Å². The lowest BCUT2D eigenvalue weighted by atomic mass is 10.1. The second-order valence-corrected chi connectivity index (χ2v) is 5.87. The van der Waals surface area contributed by atoms with Crippen molar-refractivity contribution in [2.24, 2.45) is 0 Å². The van der Waals surface area contributed by atoms with Gasteiger partial charge in [0.1, 0.15) is 0 Å². The smallest absolute Gasteiger partial charge is 0.335 e. The third kappa shape index (κ3) is 5.13. The van der Waals surface area contributed by atoms with Crippen LogP contribution in [0.5, 0.6) is 0 Å². The van der Waals surface area contributed by atoms with Gasteiger partial charge in [0.05, 0.1) is 5.56 Å². The zero-order valence-electron chi connectivity index (χ0n) is 11.9. The number of rotatable bonds is 6. The average Bonchev–Trinajstić information content (AvgIpc) is 2.44. The summed E-state index contributed by atoms with van der Waals surface area (Å²) in [5.41, 5.74) is 1.14. The summed E-state index contributed by atoms with van der Waals surface area (Å²) in [5, 5.41) is 12.0.